The second kappa shape index (κ2) is 7.48. The number of hydrogen-bond acceptors (Lipinski definition) is 4. The van der Waals surface area contributed by atoms with Crippen molar-refractivity contribution in [1.29, 1.82) is 0 Å². The maximum atomic E-state index is 14.4. The zero-order chi connectivity index (χ0) is 18.4. The van der Waals surface area contributed by atoms with Crippen molar-refractivity contribution in [3.63, 3.8) is 0 Å². The number of fused-ring (bicyclic) bond motifs is 3. The minimum atomic E-state index is -0.388. The molecule has 0 spiro atoms. The molecular weight excluding hydrogens is 410 g/mol. The van der Waals surface area contributed by atoms with Crippen LogP contribution in [0.1, 0.15) is 5.56 Å². The van der Waals surface area contributed by atoms with E-state index < -0.39 is 0 Å². The summed E-state index contributed by atoms with van der Waals surface area (Å²) in [4.78, 5) is 15.0. The number of H-pyrrole nitrogens is 1. The summed E-state index contributed by atoms with van der Waals surface area (Å²) in [5, 5.41) is 13.9. The van der Waals surface area contributed by atoms with E-state index in [0.717, 1.165) is 0 Å². The molecular formula is C19H15Cl2FN2O2S. The van der Waals surface area contributed by atoms with Crippen molar-refractivity contribution >= 4 is 56.3 Å². The van der Waals surface area contributed by atoms with Gasteiger partial charge < -0.3 is 15.8 Å². The van der Waals surface area contributed by atoms with E-state index in [4.69, 9.17) is 17.3 Å². The molecule has 27 heavy (non-hydrogen) atoms. The smallest absolute Gasteiger partial charge is 0.266 e. The number of rotatable bonds is 3. The number of nitrogens with two attached hydrogens (primary N) is 1. The lowest BCUT2D eigenvalue weighted by Gasteiger charge is -2.13. The van der Waals surface area contributed by atoms with Crippen molar-refractivity contribution in [3.05, 3.63) is 62.5 Å². The Bertz CT molecular complexity index is 1220. The van der Waals surface area contributed by atoms with Crippen molar-refractivity contribution in [2.45, 2.75) is 6.42 Å². The molecule has 140 valence electrons. The van der Waals surface area contributed by atoms with Crippen LogP contribution in [0.4, 0.5) is 4.39 Å². The Morgan fingerprint density at radius 1 is 1.26 bits per heavy atom. The van der Waals surface area contributed by atoms with Crippen LogP contribution in [0.25, 0.3) is 32.1 Å². The van der Waals surface area contributed by atoms with Crippen molar-refractivity contribution in [2.75, 3.05) is 6.54 Å². The first-order chi connectivity index (χ1) is 12.5. The Hall–Kier alpha value is -2.12. The van der Waals surface area contributed by atoms with Gasteiger partial charge in [-0.25, -0.2) is 4.39 Å². The van der Waals surface area contributed by atoms with Crippen LogP contribution in [-0.2, 0) is 6.42 Å². The fraction of sp³-hybridized carbons (Fsp3) is 0.105. The molecule has 0 atom stereocenters. The molecule has 0 saturated carbocycles. The van der Waals surface area contributed by atoms with Gasteiger partial charge in [-0.1, -0.05) is 23.7 Å². The first-order valence-electron chi connectivity index (χ1n) is 7.94. The van der Waals surface area contributed by atoms with Gasteiger partial charge in [0.1, 0.15) is 16.3 Å². The summed E-state index contributed by atoms with van der Waals surface area (Å²) in [7, 11) is 0. The molecule has 0 saturated heterocycles. The highest BCUT2D eigenvalue weighted by Crippen LogP contribution is 2.42. The summed E-state index contributed by atoms with van der Waals surface area (Å²) < 4.78 is 15.0. The van der Waals surface area contributed by atoms with E-state index in [2.05, 4.69) is 4.98 Å². The number of phenolic OH excluding ortho intramolecular Hbond substituents is 1. The monoisotopic (exact) mass is 424 g/mol. The standard InChI is InChI=1S/C19H14ClFN2O2S.ClH/c20-12-8-14(24)15(10-2-1-9(3-5-22)13(21)7-10)16-11-4-6-26-18(11)19(25)23-17(12)16;/h1-2,4,6-8,24H,3,5,22H2,(H,23,25);1H. The maximum absolute atomic E-state index is 14.4. The molecule has 2 aromatic heterocycles. The molecule has 0 unspecified atom stereocenters. The number of pyridine rings is 1. The van der Waals surface area contributed by atoms with Gasteiger partial charge in [-0.15, -0.1) is 23.7 Å². The molecule has 2 heterocycles. The normalized spacial score (nSPS) is 11.1. The molecule has 0 bridgehead atoms. The zero-order valence-corrected chi connectivity index (χ0v) is 16.3. The third kappa shape index (κ3) is 3.19. The number of halogens is 3. The molecule has 0 aliphatic rings. The number of hydrogen-bond donors (Lipinski definition) is 3. The molecule has 4 aromatic rings. The van der Waals surface area contributed by atoms with Gasteiger partial charge in [-0.05, 0) is 41.6 Å². The zero-order valence-electron chi connectivity index (χ0n) is 13.9. The van der Waals surface area contributed by atoms with Gasteiger partial charge in [-0.2, -0.15) is 0 Å². The summed E-state index contributed by atoms with van der Waals surface area (Å²) in [6.07, 6.45) is 0.432. The van der Waals surface area contributed by atoms with Crippen molar-refractivity contribution < 1.29 is 9.50 Å². The van der Waals surface area contributed by atoms with Gasteiger partial charge in [-0.3, -0.25) is 4.79 Å². The van der Waals surface area contributed by atoms with Crippen molar-refractivity contribution in [2.24, 2.45) is 5.73 Å². The number of aromatic amines is 1. The van der Waals surface area contributed by atoms with Crippen LogP contribution < -0.4 is 11.3 Å². The van der Waals surface area contributed by atoms with Crippen LogP contribution in [0.3, 0.4) is 0 Å². The van der Waals surface area contributed by atoms with Crippen LogP contribution in [0.5, 0.6) is 5.75 Å². The minimum absolute atomic E-state index is 0. The third-order valence-electron chi connectivity index (χ3n) is 4.39. The quantitative estimate of drug-likeness (QED) is 0.440. The lowest BCUT2D eigenvalue weighted by molar-refractivity contribution is 0.478. The van der Waals surface area contributed by atoms with Gasteiger partial charge in [0.25, 0.3) is 5.56 Å². The van der Waals surface area contributed by atoms with E-state index in [-0.39, 0.29) is 34.6 Å². The second-order valence-electron chi connectivity index (χ2n) is 5.96. The van der Waals surface area contributed by atoms with Crippen LogP contribution in [0.15, 0.2) is 40.5 Å². The Morgan fingerprint density at radius 3 is 2.74 bits per heavy atom. The van der Waals surface area contributed by atoms with Gasteiger partial charge >= 0.3 is 0 Å². The topological polar surface area (TPSA) is 79.1 Å². The Morgan fingerprint density at radius 2 is 2.04 bits per heavy atom. The molecule has 4 N–H and O–H groups in total. The van der Waals surface area contributed by atoms with E-state index >= 15 is 0 Å². The molecule has 2 aromatic carbocycles. The SMILES string of the molecule is Cl.NCCc1ccc(-c2c(O)cc(Cl)c3[nH]c(=O)c4sccc4c23)cc1F. The average molecular weight is 425 g/mol. The lowest BCUT2D eigenvalue weighted by Crippen LogP contribution is -2.06. The summed E-state index contributed by atoms with van der Waals surface area (Å²) in [6.45, 7) is 0.349. The summed E-state index contributed by atoms with van der Waals surface area (Å²) in [6, 6.07) is 7.93. The molecule has 0 amide bonds. The third-order valence-corrected chi connectivity index (χ3v) is 5.60. The predicted molar refractivity (Wildman–Crippen MR) is 112 cm³/mol. The fourth-order valence-electron chi connectivity index (χ4n) is 3.23. The highest BCUT2D eigenvalue weighted by Gasteiger charge is 2.19. The van der Waals surface area contributed by atoms with E-state index in [1.165, 1.54) is 23.5 Å². The van der Waals surface area contributed by atoms with E-state index in [1.54, 1.807) is 23.6 Å². The summed E-state index contributed by atoms with van der Waals surface area (Å²) >= 11 is 7.54. The molecule has 4 nitrogen and oxygen atoms in total. The van der Waals surface area contributed by atoms with Gasteiger partial charge in [0, 0.05) is 22.4 Å². The highest BCUT2D eigenvalue weighted by molar-refractivity contribution is 7.17. The molecule has 0 fully saturated rings. The average Bonchev–Trinajstić information content (AvgIpc) is 3.09. The maximum Gasteiger partial charge on any atom is 0.266 e. The first-order valence-corrected chi connectivity index (χ1v) is 9.20. The first kappa shape index (κ1) is 19.6. The van der Waals surface area contributed by atoms with E-state index in [9.17, 15) is 14.3 Å². The fourth-order valence-corrected chi connectivity index (χ4v) is 4.27. The van der Waals surface area contributed by atoms with Gasteiger partial charge in [0.05, 0.1) is 10.5 Å². The van der Waals surface area contributed by atoms with Gasteiger partial charge in [0.2, 0.25) is 0 Å². The highest BCUT2D eigenvalue weighted by atomic mass is 35.5. The van der Waals surface area contributed by atoms with Crippen LogP contribution in [0, 0.1) is 5.82 Å². The number of aromatic hydroxyl groups is 1. The molecule has 0 aliphatic heterocycles. The largest absolute Gasteiger partial charge is 0.507 e. The summed E-state index contributed by atoms with van der Waals surface area (Å²) in [5.74, 6) is -0.463. The van der Waals surface area contributed by atoms with Crippen molar-refractivity contribution in [1.82, 2.24) is 4.98 Å². The van der Waals surface area contributed by atoms with Gasteiger partial charge in [0.15, 0.2) is 0 Å². The Labute approximate surface area is 168 Å². The second-order valence-corrected chi connectivity index (χ2v) is 7.29. The molecule has 4 rings (SSSR count). The van der Waals surface area contributed by atoms with E-state index in [1.807, 2.05) is 0 Å². The Balaban J connectivity index is 0.00000210. The molecule has 8 heteroatoms. The predicted octanol–water partition coefficient (Wildman–Crippen LogP) is 4.83. The number of thiophene rings is 1. The summed E-state index contributed by atoms with van der Waals surface area (Å²) in [5.41, 5.74) is 7.13. The van der Waals surface area contributed by atoms with Crippen LogP contribution in [0.2, 0.25) is 5.02 Å². The molecule has 0 radical (unpaired) electrons. The molecule has 0 aliphatic carbocycles. The van der Waals surface area contributed by atoms with Crippen molar-refractivity contribution in [3.8, 4) is 16.9 Å². The number of phenols is 1. The number of benzene rings is 2. The minimum Gasteiger partial charge on any atom is -0.507 e. The van der Waals surface area contributed by atoms with Crippen LogP contribution in [-0.4, -0.2) is 16.6 Å². The lowest BCUT2D eigenvalue weighted by atomic mass is 9.96. The van der Waals surface area contributed by atoms with Crippen LogP contribution >= 0.6 is 35.3 Å². The number of nitrogens with one attached hydrogen (secondary N) is 1. The van der Waals surface area contributed by atoms with E-state index in [0.29, 0.717) is 50.6 Å². The Kier molecular flexibility index (Phi) is 5.44. The number of aromatic nitrogens is 1.